The first-order chi connectivity index (χ1) is 7.72. The number of aromatic nitrogens is 2. The van der Waals surface area contributed by atoms with E-state index in [4.69, 9.17) is 0 Å². The number of hydrogen-bond donors (Lipinski definition) is 0. The smallest absolute Gasteiger partial charge is 0.109 e. The Kier molecular flexibility index (Phi) is 3.09. The van der Waals surface area contributed by atoms with Crippen LogP contribution in [0.2, 0.25) is 0 Å². The van der Waals surface area contributed by atoms with Crippen LogP contribution in [0.15, 0.2) is 36.4 Å². The molecule has 0 bridgehead atoms. The van der Waals surface area contributed by atoms with E-state index in [0.717, 1.165) is 24.9 Å². The first kappa shape index (κ1) is 10.9. The number of hydrogen-bond acceptors (Lipinski definition) is 1. The Morgan fingerprint density at radius 2 is 2.12 bits per heavy atom. The van der Waals surface area contributed by atoms with Crippen molar-refractivity contribution >= 4 is 11.0 Å². The minimum atomic E-state index is 0.977. The molecule has 2 heteroatoms. The Morgan fingerprint density at radius 1 is 1.38 bits per heavy atom. The highest BCUT2D eigenvalue weighted by Gasteiger charge is 2.07. The molecule has 2 aromatic rings. The number of imidazole rings is 1. The molecule has 0 saturated carbocycles. The van der Waals surface area contributed by atoms with E-state index in [1.165, 1.54) is 16.9 Å². The highest BCUT2D eigenvalue weighted by Crippen LogP contribution is 2.17. The molecule has 0 N–H and O–H groups in total. The van der Waals surface area contributed by atoms with Crippen molar-refractivity contribution in [2.45, 2.75) is 33.2 Å². The lowest BCUT2D eigenvalue weighted by Gasteiger charge is -2.07. The predicted octanol–water partition coefficient (Wildman–Crippen LogP) is 3.56. The average molecular weight is 214 g/mol. The largest absolute Gasteiger partial charge is 0.328 e. The van der Waals surface area contributed by atoms with E-state index >= 15 is 0 Å². The van der Waals surface area contributed by atoms with Gasteiger partial charge in [0.15, 0.2) is 0 Å². The number of rotatable bonds is 4. The summed E-state index contributed by atoms with van der Waals surface area (Å²) in [6.45, 7) is 9.17. The minimum Gasteiger partial charge on any atom is -0.328 e. The second-order valence-corrected chi connectivity index (χ2v) is 4.23. The maximum atomic E-state index is 4.64. The highest BCUT2D eigenvalue weighted by molar-refractivity contribution is 5.75. The molecule has 0 spiro atoms. The maximum absolute atomic E-state index is 4.64. The van der Waals surface area contributed by atoms with Gasteiger partial charge in [-0.15, -0.1) is 6.58 Å². The van der Waals surface area contributed by atoms with Crippen LogP contribution < -0.4 is 0 Å². The molecule has 0 atom stereocenters. The summed E-state index contributed by atoms with van der Waals surface area (Å²) in [6.07, 6.45) is 2.00. The fraction of sp³-hybridized carbons (Fsp3) is 0.357. The number of allylic oxidation sites excluding steroid dienone is 1. The number of para-hydroxylation sites is 2. The van der Waals surface area contributed by atoms with E-state index in [0.29, 0.717) is 0 Å². The summed E-state index contributed by atoms with van der Waals surface area (Å²) in [5.41, 5.74) is 3.56. The molecule has 2 nitrogen and oxygen atoms in total. The Bertz CT molecular complexity index is 508. The summed E-state index contributed by atoms with van der Waals surface area (Å²) < 4.78 is 2.31. The first-order valence-electron chi connectivity index (χ1n) is 5.81. The van der Waals surface area contributed by atoms with Crippen molar-refractivity contribution in [2.75, 3.05) is 0 Å². The molecule has 84 valence electrons. The molecule has 1 aromatic heterocycles. The third-order valence-electron chi connectivity index (χ3n) is 2.81. The molecule has 0 aliphatic carbocycles. The van der Waals surface area contributed by atoms with Crippen LogP contribution in [-0.2, 0) is 13.0 Å². The third kappa shape index (κ3) is 2.01. The number of aryl methyl sites for hydroxylation is 2. The molecular formula is C14H18N2. The highest BCUT2D eigenvalue weighted by atomic mass is 15.1. The van der Waals surface area contributed by atoms with Gasteiger partial charge in [0.2, 0.25) is 0 Å². The fourth-order valence-electron chi connectivity index (χ4n) is 1.95. The van der Waals surface area contributed by atoms with Crippen molar-refractivity contribution in [1.82, 2.24) is 9.55 Å². The van der Waals surface area contributed by atoms with Gasteiger partial charge in [-0.1, -0.05) is 24.6 Å². The minimum absolute atomic E-state index is 0.977. The second-order valence-electron chi connectivity index (χ2n) is 4.23. The molecular weight excluding hydrogens is 196 g/mol. The first-order valence-corrected chi connectivity index (χ1v) is 5.81. The van der Waals surface area contributed by atoms with Crippen LogP contribution in [0.3, 0.4) is 0 Å². The van der Waals surface area contributed by atoms with E-state index in [-0.39, 0.29) is 0 Å². The molecule has 0 fully saturated rings. The molecule has 0 unspecified atom stereocenters. The average Bonchev–Trinajstić information content (AvgIpc) is 2.64. The van der Waals surface area contributed by atoms with Crippen molar-refractivity contribution in [2.24, 2.45) is 0 Å². The van der Waals surface area contributed by atoms with Gasteiger partial charge in [0, 0.05) is 13.0 Å². The van der Waals surface area contributed by atoms with Gasteiger partial charge in [-0.25, -0.2) is 4.98 Å². The molecule has 0 aliphatic heterocycles. The van der Waals surface area contributed by atoms with Crippen LogP contribution in [0.4, 0.5) is 0 Å². The zero-order valence-electron chi connectivity index (χ0n) is 10.0. The summed E-state index contributed by atoms with van der Waals surface area (Å²) in [5.74, 6) is 1.17. The summed E-state index contributed by atoms with van der Waals surface area (Å²) >= 11 is 0. The number of benzene rings is 1. The van der Waals surface area contributed by atoms with Crippen molar-refractivity contribution in [3.05, 3.63) is 42.2 Å². The predicted molar refractivity (Wildman–Crippen MR) is 68.5 cm³/mol. The molecule has 1 heterocycles. The lowest BCUT2D eigenvalue weighted by atomic mass is 10.2. The molecule has 0 amide bonds. The Hall–Kier alpha value is -1.57. The van der Waals surface area contributed by atoms with Crippen molar-refractivity contribution < 1.29 is 0 Å². The molecule has 0 aliphatic rings. The standard InChI is InChI=1S/C14H18N2/c1-4-14-15-12-7-5-6-8-13(12)16(14)10-9-11(2)3/h5-8H,2,4,9-10H2,1,3H3. The zero-order chi connectivity index (χ0) is 11.5. The van der Waals surface area contributed by atoms with Crippen molar-refractivity contribution in [3.8, 4) is 0 Å². The summed E-state index contributed by atoms with van der Waals surface area (Å²) in [4.78, 5) is 4.64. The van der Waals surface area contributed by atoms with Crippen LogP contribution in [-0.4, -0.2) is 9.55 Å². The van der Waals surface area contributed by atoms with Crippen LogP contribution in [0.25, 0.3) is 11.0 Å². The number of nitrogens with zero attached hydrogens (tertiary/aromatic N) is 2. The monoisotopic (exact) mass is 214 g/mol. The fourth-order valence-corrected chi connectivity index (χ4v) is 1.95. The van der Waals surface area contributed by atoms with Crippen LogP contribution >= 0.6 is 0 Å². The van der Waals surface area contributed by atoms with E-state index in [2.05, 4.69) is 48.2 Å². The zero-order valence-corrected chi connectivity index (χ0v) is 10.0. The van der Waals surface area contributed by atoms with E-state index in [9.17, 15) is 0 Å². The number of fused-ring (bicyclic) bond motifs is 1. The van der Waals surface area contributed by atoms with Crippen LogP contribution in [0.5, 0.6) is 0 Å². The summed E-state index contributed by atoms with van der Waals surface area (Å²) in [5, 5.41) is 0. The van der Waals surface area contributed by atoms with Gasteiger partial charge in [0.25, 0.3) is 0 Å². The summed E-state index contributed by atoms with van der Waals surface area (Å²) in [7, 11) is 0. The Morgan fingerprint density at radius 3 is 2.81 bits per heavy atom. The quantitative estimate of drug-likeness (QED) is 0.711. The normalized spacial score (nSPS) is 10.9. The Balaban J connectivity index is 2.43. The summed E-state index contributed by atoms with van der Waals surface area (Å²) in [6, 6.07) is 8.32. The Labute approximate surface area is 96.6 Å². The molecule has 2 rings (SSSR count). The van der Waals surface area contributed by atoms with Gasteiger partial charge in [0.05, 0.1) is 11.0 Å². The van der Waals surface area contributed by atoms with Gasteiger partial charge >= 0.3 is 0 Å². The molecule has 16 heavy (non-hydrogen) atoms. The van der Waals surface area contributed by atoms with Gasteiger partial charge < -0.3 is 4.57 Å². The molecule has 0 saturated heterocycles. The van der Waals surface area contributed by atoms with E-state index < -0.39 is 0 Å². The molecule has 0 radical (unpaired) electrons. The van der Waals surface area contributed by atoms with Crippen molar-refractivity contribution in [1.29, 1.82) is 0 Å². The lowest BCUT2D eigenvalue weighted by Crippen LogP contribution is -2.03. The van der Waals surface area contributed by atoms with Gasteiger partial charge in [0.1, 0.15) is 5.82 Å². The van der Waals surface area contributed by atoms with Gasteiger partial charge in [-0.3, -0.25) is 0 Å². The van der Waals surface area contributed by atoms with E-state index in [1.807, 2.05) is 6.07 Å². The van der Waals surface area contributed by atoms with Crippen LogP contribution in [0.1, 0.15) is 26.1 Å². The second kappa shape index (κ2) is 4.52. The van der Waals surface area contributed by atoms with Crippen LogP contribution in [0, 0.1) is 0 Å². The van der Waals surface area contributed by atoms with Crippen molar-refractivity contribution in [3.63, 3.8) is 0 Å². The SMILES string of the molecule is C=C(C)CCn1c(CC)nc2ccccc21. The topological polar surface area (TPSA) is 17.8 Å². The molecule has 1 aromatic carbocycles. The third-order valence-corrected chi connectivity index (χ3v) is 2.81. The van der Waals surface area contributed by atoms with E-state index in [1.54, 1.807) is 0 Å². The van der Waals surface area contributed by atoms with Gasteiger partial charge in [-0.2, -0.15) is 0 Å². The maximum Gasteiger partial charge on any atom is 0.109 e. The lowest BCUT2D eigenvalue weighted by molar-refractivity contribution is 0.671. The van der Waals surface area contributed by atoms with Gasteiger partial charge in [-0.05, 0) is 25.5 Å².